The van der Waals surface area contributed by atoms with Gasteiger partial charge in [-0.1, -0.05) is 60.7 Å². The van der Waals surface area contributed by atoms with Crippen molar-refractivity contribution in [2.45, 2.75) is 12.5 Å². The molecule has 3 heteroatoms. The van der Waals surface area contributed by atoms with Crippen LogP contribution in [-0.2, 0) is 14.8 Å². The van der Waals surface area contributed by atoms with Crippen molar-refractivity contribution < 1.29 is 9.16 Å². The molecular weight excluding hydrogens is 240 g/mol. The lowest BCUT2D eigenvalue weighted by molar-refractivity contribution is -0.0755. The Labute approximate surface area is 111 Å². The van der Waals surface area contributed by atoms with Crippen molar-refractivity contribution in [2.24, 2.45) is 0 Å². The van der Waals surface area contributed by atoms with Gasteiger partial charge in [0.2, 0.25) is 0 Å². The van der Waals surface area contributed by atoms with Gasteiger partial charge in [-0.25, -0.2) is 0 Å². The number of benzene rings is 2. The van der Waals surface area contributed by atoms with E-state index in [0.717, 1.165) is 11.1 Å². The van der Waals surface area contributed by atoms with Gasteiger partial charge in [-0.05, 0) is 18.1 Å². The van der Waals surface area contributed by atoms with E-state index in [4.69, 9.17) is 9.16 Å². The van der Waals surface area contributed by atoms with E-state index in [1.165, 1.54) is 0 Å². The van der Waals surface area contributed by atoms with Gasteiger partial charge in [0.25, 0.3) is 0 Å². The maximum absolute atomic E-state index is 5.96. The van der Waals surface area contributed by atoms with Gasteiger partial charge < -0.3 is 9.16 Å². The SMILES string of the molecule is CC(OCO[SiH3])(c1ccccc1)c1ccccc1. The molecule has 0 aliphatic carbocycles. The second kappa shape index (κ2) is 5.95. The lowest BCUT2D eigenvalue weighted by atomic mass is 9.88. The minimum absolute atomic E-state index is 0.326. The van der Waals surface area contributed by atoms with Crippen LogP contribution in [0.25, 0.3) is 0 Å². The number of rotatable bonds is 5. The van der Waals surface area contributed by atoms with Crippen molar-refractivity contribution in [2.75, 3.05) is 6.79 Å². The number of hydrogen-bond acceptors (Lipinski definition) is 2. The topological polar surface area (TPSA) is 18.5 Å². The van der Waals surface area contributed by atoms with Crippen molar-refractivity contribution in [3.8, 4) is 0 Å². The molecule has 0 bridgehead atoms. The van der Waals surface area contributed by atoms with Gasteiger partial charge in [0.05, 0.1) is 0 Å². The Bertz CT molecular complexity index is 431. The molecule has 2 aromatic rings. The normalized spacial score (nSPS) is 11.6. The predicted octanol–water partition coefficient (Wildman–Crippen LogP) is 2.22. The first-order valence-corrected chi connectivity index (χ1v) is 6.83. The van der Waals surface area contributed by atoms with Crippen LogP contribution in [0.5, 0.6) is 0 Å². The Morgan fingerprint density at radius 3 is 1.72 bits per heavy atom. The van der Waals surface area contributed by atoms with Crippen LogP contribution in [-0.4, -0.2) is 17.3 Å². The Kier molecular flexibility index (Phi) is 4.31. The second-order valence-electron chi connectivity index (χ2n) is 4.32. The van der Waals surface area contributed by atoms with E-state index in [-0.39, 0.29) is 0 Å². The van der Waals surface area contributed by atoms with Crippen LogP contribution in [0.15, 0.2) is 60.7 Å². The van der Waals surface area contributed by atoms with Crippen LogP contribution in [0.1, 0.15) is 18.1 Å². The zero-order valence-corrected chi connectivity index (χ0v) is 12.8. The highest BCUT2D eigenvalue weighted by molar-refractivity contribution is 5.97. The minimum atomic E-state index is -0.465. The smallest absolute Gasteiger partial charge is 0.149 e. The molecule has 0 aliphatic rings. The summed E-state index contributed by atoms with van der Waals surface area (Å²) >= 11 is 0. The lowest BCUT2D eigenvalue weighted by Crippen LogP contribution is -2.28. The molecule has 0 amide bonds. The Balaban J connectivity index is 2.41. The largest absolute Gasteiger partial charge is 0.406 e. The van der Waals surface area contributed by atoms with E-state index in [1.54, 1.807) is 0 Å². The van der Waals surface area contributed by atoms with Gasteiger partial charge in [0.15, 0.2) is 0 Å². The highest BCUT2D eigenvalue weighted by atomic mass is 28.2. The summed E-state index contributed by atoms with van der Waals surface area (Å²) in [5, 5.41) is 0. The average Bonchev–Trinajstić information content (AvgIpc) is 2.46. The highest BCUT2D eigenvalue weighted by Crippen LogP contribution is 2.32. The predicted molar refractivity (Wildman–Crippen MR) is 76.3 cm³/mol. The molecule has 0 atom stereocenters. The molecule has 2 nitrogen and oxygen atoms in total. The molecule has 0 heterocycles. The van der Waals surface area contributed by atoms with Crippen molar-refractivity contribution in [1.29, 1.82) is 0 Å². The van der Waals surface area contributed by atoms with Gasteiger partial charge in [0, 0.05) is 0 Å². The maximum Gasteiger partial charge on any atom is 0.149 e. The van der Waals surface area contributed by atoms with Crippen LogP contribution in [0.4, 0.5) is 0 Å². The van der Waals surface area contributed by atoms with E-state index in [1.807, 2.05) is 36.4 Å². The molecule has 0 spiro atoms. The van der Waals surface area contributed by atoms with Crippen LogP contribution in [0, 0.1) is 0 Å². The fourth-order valence-corrected chi connectivity index (χ4v) is 2.14. The zero-order valence-electron chi connectivity index (χ0n) is 10.8. The molecule has 18 heavy (non-hydrogen) atoms. The molecule has 0 unspecified atom stereocenters. The molecule has 2 aromatic carbocycles. The van der Waals surface area contributed by atoms with E-state index >= 15 is 0 Å². The van der Waals surface area contributed by atoms with Gasteiger partial charge in [0.1, 0.15) is 22.9 Å². The molecular formula is C15H18O2Si. The molecule has 0 aliphatic heterocycles. The number of hydrogen-bond donors (Lipinski definition) is 0. The van der Waals surface area contributed by atoms with E-state index in [2.05, 4.69) is 31.2 Å². The summed E-state index contributed by atoms with van der Waals surface area (Å²) in [5.41, 5.74) is 1.80. The first kappa shape index (κ1) is 13.0. The standard InChI is InChI=1S/C15H18O2Si/c1-15(16-12-17-18,13-8-4-2-5-9-13)14-10-6-3-7-11-14/h2-11H,12H2,1,18H3. The average molecular weight is 258 g/mol. The summed E-state index contributed by atoms with van der Waals surface area (Å²) < 4.78 is 11.2. The summed E-state index contributed by atoms with van der Waals surface area (Å²) in [7, 11) is 0.682. The van der Waals surface area contributed by atoms with Crippen molar-refractivity contribution in [3.63, 3.8) is 0 Å². The van der Waals surface area contributed by atoms with Crippen LogP contribution >= 0.6 is 0 Å². The Morgan fingerprint density at radius 1 is 0.889 bits per heavy atom. The maximum atomic E-state index is 5.96. The molecule has 94 valence electrons. The van der Waals surface area contributed by atoms with Gasteiger partial charge >= 0.3 is 0 Å². The van der Waals surface area contributed by atoms with Crippen molar-refractivity contribution >= 4 is 10.5 Å². The molecule has 0 saturated heterocycles. The van der Waals surface area contributed by atoms with Gasteiger partial charge in [-0.15, -0.1) is 0 Å². The summed E-state index contributed by atoms with van der Waals surface area (Å²) in [5.74, 6) is 0. The van der Waals surface area contributed by atoms with Crippen LogP contribution in [0.2, 0.25) is 0 Å². The molecule has 0 radical (unpaired) electrons. The lowest BCUT2D eigenvalue weighted by Gasteiger charge is -2.30. The first-order valence-electron chi connectivity index (χ1n) is 6.01. The van der Waals surface area contributed by atoms with Crippen LogP contribution in [0.3, 0.4) is 0 Å². The van der Waals surface area contributed by atoms with E-state index in [9.17, 15) is 0 Å². The van der Waals surface area contributed by atoms with E-state index in [0.29, 0.717) is 17.3 Å². The molecule has 0 N–H and O–H groups in total. The third-order valence-corrected chi connectivity index (χ3v) is 3.35. The van der Waals surface area contributed by atoms with Gasteiger partial charge in [-0.2, -0.15) is 0 Å². The zero-order chi connectivity index (χ0) is 12.8. The summed E-state index contributed by atoms with van der Waals surface area (Å²) in [6.45, 7) is 2.41. The Morgan fingerprint density at radius 2 is 1.33 bits per heavy atom. The third kappa shape index (κ3) is 2.69. The first-order chi connectivity index (χ1) is 8.77. The van der Waals surface area contributed by atoms with Crippen molar-refractivity contribution in [3.05, 3.63) is 71.8 Å². The van der Waals surface area contributed by atoms with E-state index < -0.39 is 5.60 Å². The minimum Gasteiger partial charge on any atom is -0.406 e. The molecule has 0 saturated carbocycles. The van der Waals surface area contributed by atoms with Crippen molar-refractivity contribution in [1.82, 2.24) is 0 Å². The molecule has 0 aromatic heterocycles. The Hall–Kier alpha value is -1.42. The summed E-state index contributed by atoms with van der Waals surface area (Å²) in [6, 6.07) is 20.5. The fraction of sp³-hybridized carbons (Fsp3) is 0.200. The van der Waals surface area contributed by atoms with Crippen LogP contribution < -0.4 is 0 Å². The monoisotopic (exact) mass is 258 g/mol. The third-order valence-electron chi connectivity index (χ3n) is 3.11. The summed E-state index contributed by atoms with van der Waals surface area (Å²) in [6.07, 6.45) is 0. The van der Waals surface area contributed by atoms with Gasteiger partial charge in [-0.3, -0.25) is 0 Å². The second-order valence-corrected chi connectivity index (χ2v) is 4.89. The quantitative estimate of drug-likeness (QED) is 0.605. The fourth-order valence-electron chi connectivity index (χ4n) is 2.02. The summed E-state index contributed by atoms with van der Waals surface area (Å²) in [4.78, 5) is 0. The highest BCUT2D eigenvalue weighted by Gasteiger charge is 2.29. The molecule has 0 fully saturated rings. The molecule has 2 rings (SSSR count). The number of ether oxygens (including phenoxy) is 1.